The van der Waals surface area contributed by atoms with Gasteiger partial charge in [-0.25, -0.2) is 4.79 Å². The molecule has 0 aliphatic heterocycles. The fourth-order valence-electron chi connectivity index (χ4n) is 1.30. The lowest BCUT2D eigenvalue weighted by molar-refractivity contribution is -0.122. The van der Waals surface area contributed by atoms with Gasteiger partial charge in [0.1, 0.15) is 0 Å². The van der Waals surface area contributed by atoms with Crippen LogP contribution in [0.3, 0.4) is 0 Å². The van der Waals surface area contributed by atoms with Gasteiger partial charge in [-0.15, -0.1) is 6.42 Å². The zero-order valence-electron chi connectivity index (χ0n) is 9.87. The van der Waals surface area contributed by atoms with Gasteiger partial charge in [-0.05, 0) is 39.5 Å². The molecule has 0 unspecified atom stereocenters. The number of hydrogen-bond acceptors (Lipinski definition) is 3. The lowest BCUT2D eigenvalue weighted by Gasteiger charge is -2.22. The monoisotopic (exact) mass is 223 g/mol. The number of ketones is 1. The molecule has 1 atom stereocenters. The summed E-state index contributed by atoms with van der Waals surface area (Å²) in [4.78, 5) is 22.8. The molecule has 0 radical (unpaired) electrons. The number of Topliss-reactive ketones (excluding diaryl/α,β-unsaturated/α-hetero) is 1. The number of carbonyl (C=O) groups is 2. The van der Waals surface area contributed by atoms with E-state index in [2.05, 4.69) is 5.32 Å². The minimum absolute atomic E-state index is 0.106. The SMILES string of the molecule is C#CC(=O)[C@@H](OC(=O)NC(C)(C)C)C1CC1. The van der Waals surface area contributed by atoms with Crippen molar-refractivity contribution in [3.63, 3.8) is 0 Å². The van der Waals surface area contributed by atoms with Gasteiger partial charge in [-0.3, -0.25) is 4.79 Å². The summed E-state index contributed by atoms with van der Waals surface area (Å²) in [6.45, 7) is 5.51. The summed E-state index contributed by atoms with van der Waals surface area (Å²) in [5.41, 5.74) is -0.385. The highest BCUT2D eigenvalue weighted by Crippen LogP contribution is 2.34. The third kappa shape index (κ3) is 3.93. The summed E-state index contributed by atoms with van der Waals surface area (Å²) in [5, 5.41) is 2.63. The lowest BCUT2D eigenvalue weighted by Crippen LogP contribution is -2.43. The minimum atomic E-state index is -0.771. The normalized spacial score (nSPS) is 17.1. The van der Waals surface area contributed by atoms with Crippen LogP contribution in [0.15, 0.2) is 0 Å². The number of alkyl carbamates (subject to hydrolysis) is 1. The summed E-state index contributed by atoms with van der Waals surface area (Å²) in [6, 6.07) is 0. The molecule has 0 saturated heterocycles. The van der Waals surface area contributed by atoms with Crippen molar-refractivity contribution in [1.29, 1.82) is 0 Å². The molecule has 1 amide bonds. The van der Waals surface area contributed by atoms with Crippen LogP contribution in [0.25, 0.3) is 0 Å². The number of hydrogen-bond donors (Lipinski definition) is 1. The van der Waals surface area contributed by atoms with Gasteiger partial charge in [0.05, 0.1) is 0 Å². The van der Waals surface area contributed by atoms with Crippen molar-refractivity contribution in [2.24, 2.45) is 5.92 Å². The molecule has 0 aromatic heterocycles. The van der Waals surface area contributed by atoms with Crippen molar-refractivity contribution in [2.75, 3.05) is 0 Å². The largest absolute Gasteiger partial charge is 0.437 e. The Morgan fingerprint density at radius 1 is 1.44 bits per heavy atom. The highest BCUT2D eigenvalue weighted by Gasteiger charge is 2.38. The van der Waals surface area contributed by atoms with Crippen LogP contribution in [-0.2, 0) is 9.53 Å². The van der Waals surface area contributed by atoms with E-state index in [1.807, 2.05) is 26.7 Å². The van der Waals surface area contributed by atoms with Gasteiger partial charge in [0.15, 0.2) is 6.10 Å². The van der Waals surface area contributed by atoms with Gasteiger partial charge in [-0.2, -0.15) is 0 Å². The van der Waals surface area contributed by atoms with Gasteiger partial charge in [0.2, 0.25) is 5.78 Å². The molecule has 0 aromatic carbocycles. The van der Waals surface area contributed by atoms with E-state index in [1.165, 1.54) is 0 Å². The first kappa shape index (κ1) is 12.6. The van der Waals surface area contributed by atoms with E-state index in [0.717, 1.165) is 12.8 Å². The minimum Gasteiger partial charge on any atom is -0.437 e. The second-order valence-electron chi connectivity index (χ2n) is 5.05. The molecular weight excluding hydrogens is 206 g/mol. The van der Waals surface area contributed by atoms with Crippen molar-refractivity contribution >= 4 is 11.9 Å². The number of carbonyl (C=O) groups excluding carboxylic acids is 2. The first-order chi connectivity index (χ1) is 7.33. The Hall–Kier alpha value is -1.50. The maximum Gasteiger partial charge on any atom is 0.408 e. The van der Waals surface area contributed by atoms with E-state index in [4.69, 9.17) is 11.2 Å². The Morgan fingerprint density at radius 3 is 2.38 bits per heavy atom. The van der Waals surface area contributed by atoms with E-state index in [-0.39, 0.29) is 11.5 Å². The smallest absolute Gasteiger partial charge is 0.408 e. The Morgan fingerprint density at radius 2 is 2.00 bits per heavy atom. The molecular formula is C12H17NO3. The quantitative estimate of drug-likeness (QED) is 0.582. The molecule has 0 bridgehead atoms. The molecule has 1 rings (SSSR count). The van der Waals surface area contributed by atoms with Crippen LogP contribution in [0.5, 0.6) is 0 Å². The van der Waals surface area contributed by atoms with E-state index in [0.29, 0.717) is 0 Å². The summed E-state index contributed by atoms with van der Waals surface area (Å²) >= 11 is 0. The van der Waals surface area contributed by atoms with E-state index < -0.39 is 18.0 Å². The molecule has 1 aliphatic rings. The van der Waals surface area contributed by atoms with Crippen molar-refractivity contribution in [1.82, 2.24) is 5.32 Å². The lowest BCUT2D eigenvalue weighted by atomic mass is 10.1. The third-order valence-corrected chi connectivity index (χ3v) is 2.16. The molecule has 1 N–H and O–H groups in total. The molecule has 0 aromatic rings. The number of terminal acetylenes is 1. The average Bonchev–Trinajstić information content (AvgIpc) is 2.93. The van der Waals surface area contributed by atoms with Crippen LogP contribution in [-0.4, -0.2) is 23.5 Å². The van der Waals surface area contributed by atoms with Gasteiger partial charge in [0.25, 0.3) is 0 Å². The molecule has 0 spiro atoms. The van der Waals surface area contributed by atoms with Gasteiger partial charge < -0.3 is 10.1 Å². The molecule has 1 saturated carbocycles. The van der Waals surface area contributed by atoms with Gasteiger partial charge >= 0.3 is 6.09 Å². The first-order valence-corrected chi connectivity index (χ1v) is 5.33. The van der Waals surface area contributed by atoms with Crippen LogP contribution < -0.4 is 5.32 Å². The highest BCUT2D eigenvalue weighted by atomic mass is 16.6. The zero-order valence-corrected chi connectivity index (χ0v) is 9.87. The maximum absolute atomic E-state index is 11.5. The summed E-state index contributed by atoms with van der Waals surface area (Å²) in [6.07, 6.45) is 5.45. The number of nitrogens with one attached hydrogen (secondary N) is 1. The second kappa shape index (κ2) is 4.56. The Labute approximate surface area is 95.7 Å². The number of ether oxygens (including phenoxy) is 1. The molecule has 88 valence electrons. The Balaban J connectivity index is 2.53. The standard InChI is InChI=1S/C12H17NO3/c1-5-9(14)10(8-6-7-8)16-11(15)13-12(2,3)4/h1,8,10H,6-7H2,2-4H3,(H,13,15)/t10-/m0/s1. The van der Waals surface area contributed by atoms with Gasteiger partial charge in [-0.1, -0.05) is 0 Å². The summed E-state index contributed by atoms with van der Waals surface area (Å²) < 4.78 is 5.06. The van der Waals surface area contributed by atoms with E-state index in [9.17, 15) is 9.59 Å². The Bertz CT molecular complexity index is 331. The number of amides is 1. The molecule has 4 heteroatoms. The molecule has 1 aliphatic carbocycles. The van der Waals surface area contributed by atoms with Crippen LogP contribution in [0.1, 0.15) is 33.6 Å². The summed E-state index contributed by atoms with van der Waals surface area (Å²) in [5.74, 6) is 1.66. The molecule has 4 nitrogen and oxygen atoms in total. The highest BCUT2D eigenvalue weighted by molar-refractivity contribution is 5.99. The Kier molecular flexibility index (Phi) is 3.58. The summed E-state index contributed by atoms with van der Waals surface area (Å²) in [7, 11) is 0. The zero-order chi connectivity index (χ0) is 12.3. The predicted molar refractivity (Wildman–Crippen MR) is 59.7 cm³/mol. The van der Waals surface area contributed by atoms with Crippen LogP contribution in [0.4, 0.5) is 4.79 Å². The maximum atomic E-state index is 11.5. The van der Waals surface area contributed by atoms with Gasteiger partial charge in [0, 0.05) is 11.5 Å². The van der Waals surface area contributed by atoms with Crippen molar-refractivity contribution in [3.8, 4) is 12.3 Å². The van der Waals surface area contributed by atoms with Crippen molar-refractivity contribution in [2.45, 2.75) is 45.3 Å². The van der Waals surface area contributed by atoms with Crippen molar-refractivity contribution in [3.05, 3.63) is 0 Å². The molecule has 1 fully saturated rings. The average molecular weight is 223 g/mol. The van der Waals surface area contributed by atoms with Crippen LogP contribution in [0.2, 0.25) is 0 Å². The van der Waals surface area contributed by atoms with E-state index in [1.54, 1.807) is 0 Å². The fraction of sp³-hybridized carbons (Fsp3) is 0.667. The second-order valence-corrected chi connectivity index (χ2v) is 5.05. The van der Waals surface area contributed by atoms with Crippen LogP contribution in [0, 0.1) is 18.3 Å². The molecule has 16 heavy (non-hydrogen) atoms. The van der Waals surface area contributed by atoms with Crippen molar-refractivity contribution < 1.29 is 14.3 Å². The predicted octanol–water partition coefficient (Wildman–Crippen LogP) is 1.49. The molecule has 0 heterocycles. The van der Waals surface area contributed by atoms with Crippen LogP contribution >= 0.6 is 0 Å². The van der Waals surface area contributed by atoms with E-state index >= 15 is 0 Å². The third-order valence-electron chi connectivity index (χ3n) is 2.16. The fourth-order valence-corrected chi connectivity index (χ4v) is 1.30. The topological polar surface area (TPSA) is 55.4 Å². The first-order valence-electron chi connectivity index (χ1n) is 5.33. The number of rotatable bonds is 3.